The van der Waals surface area contributed by atoms with Gasteiger partial charge in [0, 0.05) is 12.6 Å². The van der Waals surface area contributed by atoms with Gasteiger partial charge in [0.05, 0.1) is 10.6 Å². The Bertz CT molecular complexity index is 943. The molecule has 1 aliphatic heterocycles. The largest absolute Gasteiger partial charge is 0.478 e. The second-order valence-electron chi connectivity index (χ2n) is 5.87. The number of carbonyl (C=O) groups is 1. The number of aryl methyl sites for hydroxylation is 1. The molecule has 0 spiro atoms. The smallest absolute Gasteiger partial charge is 0.266 e. The second kappa shape index (κ2) is 8.56. The molecule has 1 saturated heterocycles. The summed E-state index contributed by atoms with van der Waals surface area (Å²) in [4.78, 5) is 19.3. The van der Waals surface area contributed by atoms with Crippen LogP contribution in [0.2, 0.25) is 0 Å². The molecule has 0 saturated carbocycles. The number of benzene rings is 2. The SMILES string of the molecule is CCc1ccc(N=C2S/C(=C/c3ccccc3OCC#N)C(=O)N2C)cc1. The van der Waals surface area contributed by atoms with E-state index < -0.39 is 0 Å². The van der Waals surface area contributed by atoms with Crippen molar-refractivity contribution in [3.05, 3.63) is 64.6 Å². The normalized spacial score (nSPS) is 16.8. The van der Waals surface area contributed by atoms with Crippen LogP contribution in [0, 0.1) is 11.3 Å². The van der Waals surface area contributed by atoms with Crippen LogP contribution in [0.5, 0.6) is 5.75 Å². The Morgan fingerprint density at radius 1 is 1.22 bits per heavy atom. The van der Waals surface area contributed by atoms with Crippen LogP contribution in [-0.4, -0.2) is 29.6 Å². The van der Waals surface area contributed by atoms with Gasteiger partial charge in [0.25, 0.3) is 5.91 Å². The lowest BCUT2D eigenvalue weighted by atomic mass is 10.2. The third-order valence-corrected chi connectivity index (χ3v) is 5.13. The fourth-order valence-corrected chi connectivity index (χ4v) is 3.53. The topological polar surface area (TPSA) is 65.7 Å². The summed E-state index contributed by atoms with van der Waals surface area (Å²) in [7, 11) is 1.72. The first kappa shape index (κ1) is 18.7. The van der Waals surface area contributed by atoms with E-state index in [-0.39, 0.29) is 12.5 Å². The van der Waals surface area contributed by atoms with E-state index >= 15 is 0 Å². The predicted molar refractivity (Wildman–Crippen MR) is 109 cm³/mol. The monoisotopic (exact) mass is 377 g/mol. The fraction of sp³-hybridized carbons (Fsp3) is 0.190. The summed E-state index contributed by atoms with van der Waals surface area (Å²) >= 11 is 1.33. The van der Waals surface area contributed by atoms with E-state index in [2.05, 4.69) is 11.9 Å². The number of hydrogen-bond acceptors (Lipinski definition) is 5. The minimum absolute atomic E-state index is 0.0400. The number of aliphatic imine (C=N–C) groups is 1. The Balaban J connectivity index is 1.86. The van der Waals surface area contributed by atoms with Crippen LogP contribution in [0.1, 0.15) is 18.1 Å². The molecule has 1 fully saturated rings. The number of nitriles is 1. The number of hydrogen-bond donors (Lipinski definition) is 0. The van der Waals surface area contributed by atoms with Gasteiger partial charge in [-0.15, -0.1) is 0 Å². The van der Waals surface area contributed by atoms with E-state index in [1.54, 1.807) is 24.1 Å². The highest BCUT2D eigenvalue weighted by atomic mass is 32.2. The van der Waals surface area contributed by atoms with Crippen LogP contribution >= 0.6 is 11.8 Å². The van der Waals surface area contributed by atoms with Crippen molar-refractivity contribution in [3.63, 3.8) is 0 Å². The molecular formula is C21H19N3O2S. The summed E-state index contributed by atoms with van der Waals surface area (Å²) < 4.78 is 5.43. The molecule has 0 aliphatic carbocycles. The Labute approximate surface area is 163 Å². The summed E-state index contributed by atoms with van der Waals surface area (Å²) in [6.07, 6.45) is 2.75. The molecule has 1 aliphatic rings. The van der Waals surface area contributed by atoms with E-state index in [1.807, 2.05) is 48.5 Å². The average molecular weight is 377 g/mol. The van der Waals surface area contributed by atoms with E-state index in [4.69, 9.17) is 10.00 Å². The van der Waals surface area contributed by atoms with Crippen molar-refractivity contribution in [2.24, 2.45) is 4.99 Å². The first-order valence-electron chi connectivity index (χ1n) is 8.56. The maximum Gasteiger partial charge on any atom is 0.266 e. The third kappa shape index (κ3) is 4.39. The standard InChI is InChI=1S/C21H19N3O2S/c1-3-15-8-10-17(11-9-15)23-21-24(2)20(25)19(27-21)14-16-6-4-5-7-18(16)26-13-12-22/h4-11,14H,3,13H2,1-2H3/b19-14+,23-21?. The molecule has 0 radical (unpaired) electrons. The van der Waals surface area contributed by atoms with Gasteiger partial charge in [0.1, 0.15) is 11.8 Å². The zero-order valence-electron chi connectivity index (χ0n) is 15.2. The molecule has 1 amide bonds. The fourth-order valence-electron chi connectivity index (χ4n) is 2.55. The molecule has 0 atom stereocenters. The number of para-hydroxylation sites is 1. The lowest BCUT2D eigenvalue weighted by molar-refractivity contribution is -0.121. The lowest BCUT2D eigenvalue weighted by Gasteiger charge is -2.07. The van der Waals surface area contributed by atoms with Crippen molar-refractivity contribution in [2.45, 2.75) is 13.3 Å². The maximum absolute atomic E-state index is 12.6. The molecule has 3 rings (SSSR count). The van der Waals surface area contributed by atoms with E-state index in [0.29, 0.717) is 15.8 Å². The van der Waals surface area contributed by atoms with Crippen molar-refractivity contribution in [1.29, 1.82) is 5.26 Å². The Morgan fingerprint density at radius 3 is 2.67 bits per heavy atom. The van der Waals surface area contributed by atoms with Gasteiger partial charge < -0.3 is 4.74 Å². The van der Waals surface area contributed by atoms with Gasteiger partial charge in [-0.25, -0.2) is 4.99 Å². The molecule has 6 heteroatoms. The molecule has 27 heavy (non-hydrogen) atoms. The van der Waals surface area contributed by atoms with Crippen LogP contribution in [0.25, 0.3) is 6.08 Å². The predicted octanol–water partition coefficient (Wildman–Crippen LogP) is 4.39. The number of amides is 1. The molecule has 0 unspecified atom stereocenters. The Morgan fingerprint density at radius 2 is 1.96 bits per heavy atom. The number of likely N-dealkylation sites (N-methyl/N-ethyl adjacent to an activating group) is 1. The van der Waals surface area contributed by atoms with Crippen molar-refractivity contribution in [1.82, 2.24) is 4.90 Å². The lowest BCUT2D eigenvalue weighted by Crippen LogP contribution is -2.23. The molecule has 136 valence electrons. The van der Waals surface area contributed by atoms with Crippen LogP contribution in [0.4, 0.5) is 5.69 Å². The zero-order valence-corrected chi connectivity index (χ0v) is 16.0. The minimum Gasteiger partial charge on any atom is -0.478 e. The number of rotatable bonds is 5. The van der Waals surface area contributed by atoms with Crippen LogP contribution in [0.15, 0.2) is 58.4 Å². The van der Waals surface area contributed by atoms with Crippen molar-refractivity contribution in [3.8, 4) is 11.8 Å². The first-order chi connectivity index (χ1) is 13.1. The number of thioether (sulfide) groups is 1. The minimum atomic E-state index is -0.112. The van der Waals surface area contributed by atoms with Crippen LogP contribution < -0.4 is 4.74 Å². The molecule has 0 N–H and O–H groups in total. The van der Waals surface area contributed by atoms with Gasteiger partial charge in [-0.05, 0) is 48.0 Å². The molecule has 0 aromatic heterocycles. The van der Waals surface area contributed by atoms with Gasteiger partial charge >= 0.3 is 0 Å². The van der Waals surface area contributed by atoms with Gasteiger partial charge in [-0.3, -0.25) is 9.69 Å². The molecule has 2 aromatic rings. The van der Waals surface area contributed by atoms with E-state index in [0.717, 1.165) is 17.7 Å². The third-order valence-electron chi connectivity index (χ3n) is 4.07. The van der Waals surface area contributed by atoms with Gasteiger partial charge in [0.15, 0.2) is 11.8 Å². The van der Waals surface area contributed by atoms with Gasteiger partial charge in [-0.2, -0.15) is 5.26 Å². The van der Waals surface area contributed by atoms with Crippen LogP contribution in [0.3, 0.4) is 0 Å². The number of nitrogens with zero attached hydrogens (tertiary/aromatic N) is 3. The summed E-state index contributed by atoms with van der Waals surface area (Å²) in [6.45, 7) is 2.07. The first-order valence-corrected chi connectivity index (χ1v) is 9.38. The van der Waals surface area contributed by atoms with Crippen molar-refractivity contribution < 1.29 is 9.53 Å². The van der Waals surface area contributed by atoms with Crippen LogP contribution in [-0.2, 0) is 11.2 Å². The highest BCUT2D eigenvalue weighted by Crippen LogP contribution is 2.34. The second-order valence-corrected chi connectivity index (χ2v) is 6.88. The maximum atomic E-state index is 12.6. The van der Waals surface area contributed by atoms with Crippen molar-refractivity contribution in [2.75, 3.05) is 13.7 Å². The summed E-state index contributed by atoms with van der Waals surface area (Å²) in [5, 5.41) is 9.35. The Hall–Kier alpha value is -3.04. The van der Waals surface area contributed by atoms with Gasteiger partial charge in [0.2, 0.25) is 0 Å². The number of amidine groups is 1. The number of carbonyl (C=O) groups excluding carboxylic acids is 1. The molecular weight excluding hydrogens is 358 g/mol. The molecule has 2 aromatic carbocycles. The summed E-state index contributed by atoms with van der Waals surface area (Å²) in [6, 6.07) is 17.3. The summed E-state index contributed by atoms with van der Waals surface area (Å²) in [5.41, 5.74) is 2.82. The molecule has 5 nitrogen and oxygen atoms in total. The quantitative estimate of drug-likeness (QED) is 0.725. The zero-order chi connectivity index (χ0) is 19.2. The van der Waals surface area contributed by atoms with Crippen molar-refractivity contribution >= 4 is 34.6 Å². The molecule has 0 bridgehead atoms. The molecule has 1 heterocycles. The average Bonchev–Trinajstić information content (AvgIpc) is 2.96. The number of ether oxygens (including phenoxy) is 1. The van der Waals surface area contributed by atoms with E-state index in [9.17, 15) is 4.79 Å². The summed E-state index contributed by atoms with van der Waals surface area (Å²) in [5.74, 6) is 0.460. The highest BCUT2D eigenvalue weighted by Gasteiger charge is 2.30. The Kier molecular flexibility index (Phi) is 5.94. The van der Waals surface area contributed by atoms with E-state index in [1.165, 1.54) is 17.3 Å². The highest BCUT2D eigenvalue weighted by molar-refractivity contribution is 8.18. The van der Waals surface area contributed by atoms with Gasteiger partial charge in [-0.1, -0.05) is 37.3 Å².